The highest BCUT2D eigenvalue weighted by Crippen LogP contribution is 2.36. The number of nitrogens with one attached hydrogen (secondary N) is 1. The molecule has 10 nitrogen and oxygen atoms in total. The van der Waals surface area contributed by atoms with E-state index < -0.39 is 17.4 Å². The van der Waals surface area contributed by atoms with Crippen LogP contribution in [-0.2, 0) is 11.2 Å². The topological polar surface area (TPSA) is 95.3 Å². The number of halogens is 1. The Morgan fingerprint density at radius 3 is 2.43 bits per heavy atom. The van der Waals surface area contributed by atoms with Crippen LogP contribution in [0.1, 0.15) is 37.7 Å². The maximum absolute atomic E-state index is 14.7. The molecule has 0 aromatic carbocycles. The summed E-state index contributed by atoms with van der Waals surface area (Å²) in [5.41, 5.74) is 3.56. The fourth-order valence-corrected chi connectivity index (χ4v) is 4.81. The van der Waals surface area contributed by atoms with E-state index in [1.807, 2.05) is 40.7 Å². The van der Waals surface area contributed by atoms with E-state index in [0.29, 0.717) is 50.6 Å². The molecule has 2 aliphatic rings. The Morgan fingerprint density at radius 2 is 1.73 bits per heavy atom. The van der Waals surface area contributed by atoms with Crippen molar-refractivity contribution in [2.24, 2.45) is 0 Å². The molecule has 0 saturated carbocycles. The van der Waals surface area contributed by atoms with E-state index in [4.69, 9.17) is 4.74 Å². The highest BCUT2D eigenvalue weighted by Gasteiger charge is 2.33. The van der Waals surface area contributed by atoms with Crippen molar-refractivity contribution in [1.82, 2.24) is 19.3 Å². The number of hydrogen-bond donors (Lipinski definition) is 1. The lowest BCUT2D eigenvalue weighted by atomic mass is 10.1. The first kappa shape index (κ1) is 24.8. The molecule has 2 aliphatic heterocycles. The lowest BCUT2D eigenvalue weighted by molar-refractivity contribution is 0.0240. The molecule has 0 radical (unpaired) electrons. The van der Waals surface area contributed by atoms with Gasteiger partial charge in [0.2, 0.25) is 0 Å². The first-order chi connectivity index (χ1) is 17.5. The molecule has 3 aromatic rings. The van der Waals surface area contributed by atoms with Gasteiger partial charge in [-0.25, -0.2) is 23.9 Å². The van der Waals surface area contributed by atoms with Gasteiger partial charge in [0.25, 0.3) is 0 Å². The van der Waals surface area contributed by atoms with Gasteiger partial charge in [0.1, 0.15) is 17.1 Å². The lowest BCUT2D eigenvalue weighted by Gasteiger charge is -2.37. The van der Waals surface area contributed by atoms with Crippen LogP contribution in [0.5, 0.6) is 0 Å². The van der Waals surface area contributed by atoms with Gasteiger partial charge in [-0.05, 0) is 47.1 Å². The van der Waals surface area contributed by atoms with Crippen molar-refractivity contribution in [3.05, 3.63) is 47.3 Å². The molecule has 196 valence electrons. The number of anilines is 3. The quantitative estimate of drug-likeness (QED) is 0.558. The van der Waals surface area contributed by atoms with Crippen molar-refractivity contribution >= 4 is 35.0 Å². The molecule has 0 unspecified atom stereocenters. The fourth-order valence-electron chi connectivity index (χ4n) is 4.81. The Bertz CT molecular complexity index is 1370. The second-order valence-corrected chi connectivity index (χ2v) is 10.6. The first-order valence-electron chi connectivity index (χ1n) is 12.5. The minimum absolute atomic E-state index is 0.0782. The minimum Gasteiger partial charge on any atom is -0.444 e. The van der Waals surface area contributed by atoms with E-state index in [9.17, 15) is 14.0 Å². The van der Waals surface area contributed by atoms with E-state index in [1.54, 1.807) is 20.4 Å². The Morgan fingerprint density at radius 1 is 1.00 bits per heavy atom. The van der Waals surface area contributed by atoms with Gasteiger partial charge in [0.05, 0.1) is 11.4 Å². The number of imidazole rings is 1. The first-order valence-corrected chi connectivity index (χ1v) is 12.5. The van der Waals surface area contributed by atoms with E-state index in [0.717, 1.165) is 22.6 Å². The number of nitrogens with zero attached hydrogens (tertiary/aromatic N) is 6. The summed E-state index contributed by atoms with van der Waals surface area (Å²) in [6.07, 6.45) is 3.64. The summed E-state index contributed by atoms with van der Waals surface area (Å²) < 4.78 is 21.9. The number of aromatic nitrogens is 3. The number of amides is 3. The normalized spacial score (nSPS) is 15.8. The average Bonchev–Trinajstić information content (AvgIpc) is 3.40. The van der Waals surface area contributed by atoms with Crippen LogP contribution in [0.4, 0.5) is 31.2 Å². The highest BCUT2D eigenvalue weighted by atomic mass is 19.1. The standard InChI is InChI=1S/C26H32FN7O3/c1-16-12-21(31-8-10-32(11-9-31)25(36)37-26(3,4)5)18-6-7-34(23(18)29-16)24(35)30-20-15-33-14-17(2)28-22(33)13-19(20)27/h12-15H,6-11H2,1-5H3,(H,30,35). The molecule has 1 fully saturated rings. The number of rotatable bonds is 2. The molecular weight excluding hydrogens is 477 g/mol. The van der Waals surface area contributed by atoms with Gasteiger partial charge in [0.15, 0.2) is 5.82 Å². The number of piperazine rings is 1. The number of ether oxygens (including phenoxy) is 1. The molecule has 0 bridgehead atoms. The van der Waals surface area contributed by atoms with Crippen molar-refractivity contribution in [2.75, 3.05) is 47.8 Å². The summed E-state index contributed by atoms with van der Waals surface area (Å²) >= 11 is 0. The molecule has 1 N–H and O–H groups in total. The molecule has 1 saturated heterocycles. The van der Waals surface area contributed by atoms with Gasteiger partial charge in [0, 0.05) is 68.1 Å². The van der Waals surface area contributed by atoms with Crippen LogP contribution in [0.15, 0.2) is 24.5 Å². The summed E-state index contributed by atoms with van der Waals surface area (Å²) in [6.45, 7) is 12.1. The van der Waals surface area contributed by atoms with Crippen LogP contribution in [0.25, 0.3) is 5.65 Å². The number of hydrogen-bond acceptors (Lipinski definition) is 6. The summed E-state index contributed by atoms with van der Waals surface area (Å²) in [5.74, 6) is 0.0358. The molecule has 11 heteroatoms. The van der Waals surface area contributed by atoms with Gasteiger partial charge < -0.3 is 24.3 Å². The monoisotopic (exact) mass is 509 g/mol. The number of pyridine rings is 2. The van der Waals surface area contributed by atoms with Gasteiger partial charge in [-0.2, -0.15) is 0 Å². The zero-order valence-corrected chi connectivity index (χ0v) is 21.8. The molecule has 37 heavy (non-hydrogen) atoms. The van der Waals surface area contributed by atoms with Crippen LogP contribution in [-0.4, -0.2) is 69.7 Å². The highest BCUT2D eigenvalue weighted by molar-refractivity contribution is 6.03. The maximum atomic E-state index is 14.7. The van der Waals surface area contributed by atoms with Crippen LogP contribution in [0.3, 0.4) is 0 Å². The summed E-state index contributed by atoms with van der Waals surface area (Å²) in [4.78, 5) is 40.1. The predicted octanol–water partition coefficient (Wildman–Crippen LogP) is 4.14. The number of carbonyl (C=O) groups excluding carboxylic acids is 2. The van der Waals surface area contributed by atoms with Gasteiger partial charge in [-0.15, -0.1) is 0 Å². The molecule has 5 heterocycles. The van der Waals surface area contributed by atoms with Crippen molar-refractivity contribution in [3.8, 4) is 0 Å². The lowest BCUT2D eigenvalue weighted by Crippen LogP contribution is -2.50. The summed E-state index contributed by atoms with van der Waals surface area (Å²) in [6, 6.07) is 2.89. The van der Waals surface area contributed by atoms with Gasteiger partial charge >= 0.3 is 12.1 Å². The van der Waals surface area contributed by atoms with Crippen molar-refractivity contribution in [3.63, 3.8) is 0 Å². The smallest absolute Gasteiger partial charge is 0.410 e. The average molecular weight is 510 g/mol. The van der Waals surface area contributed by atoms with Crippen molar-refractivity contribution in [2.45, 2.75) is 46.6 Å². The Hall–Kier alpha value is -3.89. The summed E-state index contributed by atoms with van der Waals surface area (Å²) in [7, 11) is 0. The van der Waals surface area contributed by atoms with Crippen molar-refractivity contribution in [1.29, 1.82) is 0 Å². The molecule has 0 spiro atoms. The number of fused-ring (bicyclic) bond motifs is 2. The Labute approximate surface area is 215 Å². The molecule has 0 atom stereocenters. The SMILES string of the molecule is Cc1cc(N2CCN(C(=O)OC(C)(C)C)CC2)c2c(n1)N(C(=O)Nc1cn3cc(C)nc3cc1F)CC2. The Balaban J connectivity index is 1.32. The van der Waals surface area contributed by atoms with Crippen LogP contribution in [0.2, 0.25) is 0 Å². The van der Waals surface area contributed by atoms with Gasteiger partial charge in [-0.3, -0.25) is 4.90 Å². The minimum atomic E-state index is -0.549. The molecule has 5 rings (SSSR count). The zero-order chi connectivity index (χ0) is 26.5. The van der Waals surface area contributed by atoms with E-state index in [2.05, 4.69) is 20.2 Å². The predicted molar refractivity (Wildman–Crippen MR) is 139 cm³/mol. The number of carbonyl (C=O) groups is 2. The third-order valence-corrected chi connectivity index (χ3v) is 6.47. The zero-order valence-electron chi connectivity index (χ0n) is 21.8. The third-order valence-electron chi connectivity index (χ3n) is 6.47. The van der Waals surface area contributed by atoms with Crippen molar-refractivity contribution < 1.29 is 18.7 Å². The fraction of sp³-hybridized carbons (Fsp3) is 0.462. The molecule has 3 amide bonds. The van der Waals surface area contributed by atoms with E-state index in [-0.39, 0.29) is 11.8 Å². The van der Waals surface area contributed by atoms with E-state index in [1.165, 1.54) is 12.3 Å². The van der Waals surface area contributed by atoms with Gasteiger partial charge in [-0.1, -0.05) is 0 Å². The third kappa shape index (κ3) is 5.03. The Kier molecular flexibility index (Phi) is 6.17. The largest absolute Gasteiger partial charge is 0.444 e. The van der Waals surface area contributed by atoms with Crippen LogP contribution >= 0.6 is 0 Å². The van der Waals surface area contributed by atoms with Crippen LogP contribution in [0, 0.1) is 19.7 Å². The van der Waals surface area contributed by atoms with E-state index >= 15 is 0 Å². The molecule has 0 aliphatic carbocycles. The molecule has 3 aromatic heterocycles. The number of aryl methyl sites for hydroxylation is 2. The molecular formula is C26H32FN7O3. The van der Waals surface area contributed by atoms with Crippen LogP contribution < -0.4 is 15.1 Å². The number of urea groups is 1. The maximum Gasteiger partial charge on any atom is 0.410 e. The second kappa shape index (κ2) is 9.20. The second-order valence-electron chi connectivity index (χ2n) is 10.6. The summed E-state index contributed by atoms with van der Waals surface area (Å²) in [5, 5.41) is 2.70.